The summed E-state index contributed by atoms with van der Waals surface area (Å²) in [5.41, 5.74) is 7.07. The van der Waals surface area contributed by atoms with E-state index in [-0.39, 0.29) is 0 Å². The maximum absolute atomic E-state index is 2.27. The predicted octanol–water partition coefficient (Wildman–Crippen LogP) is 4.05. The van der Waals surface area contributed by atoms with Crippen molar-refractivity contribution >= 4 is 6.08 Å². The van der Waals surface area contributed by atoms with Crippen LogP contribution in [0.5, 0.6) is 0 Å². The summed E-state index contributed by atoms with van der Waals surface area (Å²) in [6.45, 7) is 0. The quantitative estimate of drug-likeness (QED) is 0.605. The van der Waals surface area contributed by atoms with Crippen molar-refractivity contribution in [2.45, 2.75) is 6.42 Å². The van der Waals surface area contributed by atoms with E-state index in [1.807, 2.05) is 0 Å². The lowest BCUT2D eigenvalue weighted by molar-refractivity contribution is 1.09. The van der Waals surface area contributed by atoms with Crippen LogP contribution in [-0.2, 0) is 0 Å². The monoisotopic (exact) mass is 203 g/mol. The van der Waals surface area contributed by atoms with Crippen molar-refractivity contribution in [1.82, 2.24) is 0 Å². The zero-order chi connectivity index (χ0) is 10.5. The molecular formula is C16H11. The molecule has 4 rings (SSSR count). The fraction of sp³-hybridized carbons (Fsp3) is 0.0625. The molecule has 2 aromatic carbocycles. The van der Waals surface area contributed by atoms with E-state index in [2.05, 4.69) is 54.6 Å². The number of hydrogen-bond acceptors (Lipinski definition) is 0. The van der Waals surface area contributed by atoms with Crippen LogP contribution in [0.15, 0.2) is 48.5 Å². The molecule has 0 heteroatoms. The molecule has 0 unspecified atom stereocenters. The van der Waals surface area contributed by atoms with E-state index >= 15 is 0 Å². The summed E-state index contributed by atoms with van der Waals surface area (Å²) in [5.74, 6) is 1.50. The SMILES string of the molecule is C1=Cc2cccc3c2[C](C1)c1ccccc1-3. The highest BCUT2D eigenvalue weighted by molar-refractivity contribution is 5.88. The Morgan fingerprint density at radius 1 is 0.750 bits per heavy atom. The maximum Gasteiger partial charge on any atom is 0.0396 e. The van der Waals surface area contributed by atoms with Crippen LogP contribution in [0.2, 0.25) is 0 Å². The average Bonchev–Trinajstić information content (AvgIpc) is 2.68. The van der Waals surface area contributed by atoms with Gasteiger partial charge in [-0.1, -0.05) is 54.6 Å². The molecule has 0 N–H and O–H groups in total. The van der Waals surface area contributed by atoms with Gasteiger partial charge in [-0.05, 0) is 34.2 Å². The third-order valence-electron chi connectivity index (χ3n) is 3.56. The van der Waals surface area contributed by atoms with Crippen LogP contribution in [0.1, 0.15) is 23.1 Å². The number of allylic oxidation sites excluding steroid dienone is 1. The first kappa shape index (κ1) is 8.35. The van der Waals surface area contributed by atoms with Gasteiger partial charge in [0.25, 0.3) is 0 Å². The molecule has 0 bridgehead atoms. The van der Waals surface area contributed by atoms with Gasteiger partial charge in [0.2, 0.25) is 0 Å². The van der Waals surface area contributed by atoms with Gasteiger partial charge in [0, 0.05) is 5.92 Å². The molecule has 0 saturated heterocycles. The minimum Gasteiger partial charge on any atom is -0.0827 e. The van der Waals surface area contributed by atoms with Gasteiger partial charge >= 0.3 is 0 Å². The molecule has 2 aliphatic rings. The lowest BCUT2D eigenvalue weighted by atomic mass is 9.86. The van der Waals surface area contributed by atoms with Gasteiger partial charge in [0.1, 0.15) is 0 Å². The number of benzene rings is 2. The van der Waals surface area contributed by atoms with Crippen molar-refractivity contribution < 1.29 is 0 Å². The van der Waals surface area contributed by atoms with E-state index in [1.165, 1.54) is 33.7 Å². The van der Waals surface area contributed by atoms with Crippen LogP contribution in [0.4, 0.5) is 0 Å². The second-order valence-electron chi connectivity index (χ2n) is 4.40. The van der Waals surface area contributed by atoms with Crippen LogP contribution in [0.25, 0.3) is 17.2 Å². The fourth-order valence-electron chi connectivity index (χ4n) is 2.90. The Morgan fingerprint density at radius 2 is 1.56 bits per heavy atom. The Balaban J connectivity index is 2.13. The van der Waals surface area contributed by atoms with Crippen LogP contribution in [0.3, 0.4) is 0 Å². The topological polar surface area (TPSA) is 0 Å². The number of fused-ring (bicyclic) bond motifs is 3. The summed E-state index contributed by atoms with van der Waals surface area (Å²) in [6, 6.07) is 15.3. The van der Waals surface area contributed by atoms with E-state index in [1.54, 1.807) is 0 Å². The van der Waals surface area contributed by atoms with Gasteiger partial charge in [-0.25, -0.2) is 0 Å². The summed E-state index contributed by atoms with van der Waals surface area (Å²) in [7, 11) is 0. The third kappa shape index (κ3) is 0.898. The van der Waals surface area contributed by atoms with Gasteiger partial charge in [-0.3, -0.25) is 0 Å². The minimum absolute atomic E-state index is 1.07. The molecule has 0 heterocycles. The average molecular weight is 203 g/mol. The van der Waals surface area contributed by atoms with Gasteiger partial charge in [0.05, 0.1) is 0 Å². The Morgan fingerprint density at radius 3 is 2.50 bits per heavy atom. The number of rotatable bonds is 0. The summed E-state index contributed by atoms with van der Waals surface area (Å²) in [6.07, 6.45) is 5.58. The van der Waals surface area contributed by atoms with Gasteiger partial charge in [-0.2, -0.15) is 0 Å². The van der Waals surface area contributed by atoms with Crippen LogP contribution in [-0.4, -0.2) is 0 Å². The molecule has 75 valence electrons. The zero-order valence-electron chi connectivity index (χ0n) is 8.90. The molecule has 0 saturated carbocycles. The minimum atomic E-state index is 1.07. The van der Waals surface area contributed by atoms with Crippen molar-refractivity contribution in [2.24, 2.45) is 0 Å². The van der Waals surface area contributed by atoms with Crippen molar-refractivity contribution in [3.05, 3.63) is 71.1 Å². The Hall–Kier alpha value is -1.82. The molecular weight excluding hydrogens is 192 g/mol. The summed E-state index contributed by atoms with van der Waals surface area (Å²) >= 11 is 0. The largest absolute Gasteiger partial charge is 0.0827 e. The Kier molecular flexibility index (Phi) is 1.49. The van der Waals surface area contributed by atoms with Gasteiger partial charge in [-0.15, -0.1) is 0 Å². The molecule has 0 aromatic heterocycles. The first-order chi connectivity index (χ1) is 7.95. The molecule has 1 radical (unpaired) electrons. The first-order valence-corrected chi connectivity index (χ1v) is 5.71. The lowest BCUT2D eigenvalue weighted by Gasteiger charge is -2.16. The summed E-state index contributed by atoms with van der Waals surface area (Å²) < 4.78 is 0. The zero-order valence-corrected chi connectivity index (χ0v) is 8.90. The number of hydrogen-bond donors (Lipinski definition) is 0. The molecule has 0 aliphatic heterocycles. The second kappa shape index (κ2) is 2.85. The highest BCUT2D eigenvalue weighted by Crippen LogP contribution is 2.49. The highest BCUT2D eigenvalue weighted by Gasteiger charge is 2.31. The maximum atomic E-state index is 2.27. The van der Waals surface area contributed by atoms with E-state index in [0.29, 0.717) is 0 Å². The van der Waals surface area contributed by atoms with E-state index in [4.69, 9.17) is 0 Å². The van der Waals surface area contributed by atoms with Gasteiger partial charge < -0.3 is 0 Å². The van der Waals surface area contributed by atoms with E-state index in [0.717, 1.165) is 6.42 Å². The van der Waals surface area contributed by atoms with Crippen molar-refractivity contribution in [2.75, 3.05) is 0 Å². The molecule has 0 nitrogen and oxygen atoms in total. The standard InChI is InChI=1S/C16H11/c1-2-8-13-12(7-1)14-9-3-5-11-6-4-10-15(13)16(11)14/h1-9H,10H2. The molecule has 2 aliphatic carbocycles. The van der Waals surface area contributed by atoms with Crippen molar-refractivity contribution in [1.29, 1.82) is 0 Å². The molecule has 0 spiro atoms. The normalized spacial score (nSPS) is 16.0. The van der Waals surface area contributed by atoms with Gasteiger partial charge in [0.15, 0.2) is 0 Å². The smallest absolute Gasteiger partial charge is 0.0396 e. The molecule has 0 amide bonds. The third-order valence-corrected chi connectivity index (χ3v) is 3.56. The predicted molar refractivity (Wildman–Crippen MR) is 67.0 cm³/mol. The summed E-state index contributed by atoms with van der Waals surface area (Å²) in [5, 5.41) is 0. The highest BCUT2D eigenvalue weighted by atomic mass is 14.3. The molecule has 0 atom stereocenters. The van der Waals surface area contributed by atoms with Crippen molar-refractivity contribution in [3.8, 4) is 11.1 Å². The lowest BCUT2D eigenvalue weighted by Crippen LogP contribution is -2.01. The van der Waals surface area contributed by atoms with Crippen LogP contribution >= 0.6 is 0 Å². The van der Waals surface area contributed by atoms with E-state index in [9.17, 15) is 0 Å². The molecule has 0 fully saturated rings. The first-order valence-electron chi connectivity index (χ1n) is 5.71. The Bertz CT molecular complexity index is 605. The summed E-state index contributed by atoms with van der Waals surface area (Å²) in [4.78, 5) is 0. The Labute approximate surface area is 95.2 Å². The molecule has 2 aromatic rings. The fourth-order valence-corrected chi connectivity index (χ4v) is 2.90. The second-order valence-corrected chi connectivity index (χ2v) is 4.40. The van der Waals surface area contributed by atoms with E-state index < -0.39 is 0 Å². The van der Waals surface area contributed by atoms with Crippen LogP contribution < -0.4 is 0 Å². The molecule has 16 heavy (non-hydrogen) atoms. The van der Waals surface area contributed by atoms with Crippen LogP contribution in [0, 0.1) is 5.92 Å². The van der Waals surface area contributed by atoms with Crippen molar-refractivity contribution in [3.63, 3.8) is 0 Å².